The lowest BCUT2D eigenvalue weighted by Gasteiger charge is -2.18. The SMILES string of the molecule is Cn1cc([C@@H](CNC(=O)Nc2cccc(Br)c2)c2cccnc2)c2ccccc21. The van der Waals surface area contributed by atoms with Crippen LogP contribution in [0.3, 0.4) is 0 Å². The van der Waals surface area contributed by atoms with Crippen LogP contribution in [0.15, 0.2) is 83.7 Å². The first-order valence-electron chi connectivity index (χ1n) is 9.36. The van der Waals surface area contributed by atoms with Crippen LogP contribution in [-0.2, 0) is 7.05 Å². The molecule has 2 heterocycles. The van der Waals surface area contributed by atoms with Crippen molar-refractivity contribution in [3.8, 4) is 0 Å². The fourth-order valence-corrected chi connectivity index (χ4v) is 3.98. The van der Waals surface area contributed by atoms with Gasteiger partial charge in [-0.15, -0.1) is 0 Å². The number of halogens is 1. The summed E-state index contributed by atoms with van der Waals surface area (Å²) in [6.07, 6.45) is 5.76. The van der Waals surface area contributed by atoms with Crippen LogP contribution >= 0.6 is 15.9 Å². The van der Waals surface area contributed by atoms with Crippen molar-refractivity contribution in [2.75, 3.05) is 11.9 Å². The molecule has 0 saturated heterocycles. The number of nitrogens with one attached hydrogen (secondary N) is 2. The molecule has 146 valence electrons. The predicted octanol–water partition coefficient (Wildman–Crippen LogP) is 5.29. The Kier molecular flexibility index (Phi) is 5.62. The number of pyridine rings is 1. The highest BCUT2D eigenvalue weighted by atomic mass is 79.9. The molecule has 0 bridgehead atoms. The van der Waals surface area contributed by atoms with Gasteiger partial charge < -0.3 is 15.2 Å². The van der Waals surface area contributed by atoms with Crippen LogP contribution < -0.4 is 10.6 Å². The first-order chi connectivity index (χ1) is 14.1. The number of carbonyl (C=O) groups excluding carboxylic acids is 1. The van der Waals surface area contributed by atoms with Gasteiger partial charge in [0.25, 0.3) is 0 Å². The molecule has 29 heavy (non-hydrogen) atoms. The van der Waals surface area contributed by atoms with Crippen LogP contribution in [0, 0.1) is 0 Å². The van der Waals surface area contributed by atoms with Gasteiger partial charge in [0.15, 0.2) is 0 Å². The number of anilines is 1. The normalized spacial score (nSPS) is 11.9. The van der Waals surface area contributed by atoms with Crippen molar-refractivity contribution in [2.45, 2.75) is 5.92 Å². The Bertz CT molecular complexity index is 1140. The summed E-state index contributed by atoms with van der Waals surface area (Å²) in [5.41, 5.74) is 4.13. The summed E-state index contributed by atoms with van der Waals surface area (Å²) >= 11 is 3.42. The highest BCUT2D eigenvalue weighted by Gasteiger charge is 2.20. The summed E-state index contributed by atoms with van der Waals surface area (Å²) in [6, 6.07) is 19.6. The number of amides is 2. The molecule has 4 rings (SSSR count). The quantitative estimate of drug-likeness (QED) is 0.435. The molecule has 0 saturated carbocycles. The van der Waals surface area contributed by atoms with Crippen molar-refractivity contribution in [3.63, 3.8) is 0 Å². The van der Waals surface area contributed by atoms with Crippen molar-refractivity contribution in [1.29, 1.82) is 0 Å². The average molecular weight is 449 g/mol. The summed E-state index contributed by atoms with van der Waals surface area (Å²) < 4.78 is 3.04. The predicted molar refractivity (Wildman–Crippen MR) is 120 cm³/mol. The molecule has 0 aliphatic heterocycles. The molecule has 2 aromatic heterocycles. The van der Waals surface area contributed by atoms with E-state index in [2.05, 4.69) is 54.4 Å². The van der Waals surface area contributed by atoms with E-state index in [9.17, 15) is 4.79 Å². The zero-order valence-electron chi connectivity index (χ0n) is 16.0. The van der Waals surface area contributed by atoms with Gasteiger partial charge in [-0.1, -0.05) is 46.3 Å². The Labute approximate surface area is 177 Å². The summed E-state index contributed by atoms with van der Waals surface area (Å²) in [5, 5.41) is 7.08. The van der Waals surface area contributed by atoms with Gasteiger partial charge in [-0.3, -0.25) is 4.98 Å². The number of aryl methyl sites for hydroxylation is 1. The Morgan fingerprint density at radius 3 is 2.79 bits per heavy atom. The highest BCUT2D eigenvalue weighted by molar-refractivity contribution is 9.10. The molecule has 1 atom stereocenters. The third kappa shape index (κ3) is 4.32. The van der Waals surface area contributed by atoms with E-state index in [0.717, 1.165) is 21.2 Å². The molecular weight excluding hydrogens is 428 g/mol. The molecule has 0 unspecified atom stereocenters. The number of rotatable bonds is 5. The van der Waals surface area contributed by atoms with Gasteiger partial charge in [0.1, 0.15) is 0 Å². The fraction of sp³-hybridized carbons (Fsp3) is 0.130. The van der Waals surface area contributed by atoms with E-state index in [0.29, 0.717) is 6.54 Å². The Morgan fingerprint density at radius 2 is 2.00 bits per heavy atom. The molecule has 2 N–H and O–H groups in total. The first kappa shape index (κ1) is 19.2. The molecule has 4 aromatic rings. The number of urea groups is 1. The maximum Gasteiger partial charge on any atom is 0.319 e. The Hall–Kier alpha value is -3.12. The number of para-hydroxylation sites is 1. The van der Waals surface area contributed by atoms with Crippen LogP contribution in [0.5, 0.6) is 0 Å². The van der Waals surface area contributed by atoms with Gasteiger partial charge in [0, 0.05) is 59.2 Å². The number of aromatic nitrogens is 2. The number of carbonyl (C=O) groups is 1. The summed E-state index contributed by atoms with van der Waals surface area (Å²) in [4.78, 5) is 16.8. The highest BCUT2D eigenvalue weighted by Crippen LogP contribution is 2.31. The monoisotopic (exact) mass is 448 g/mol. The third-order valence-corrected chi connectivity index (χ3v) is 5.43. The number of hydrogen-bond acceptors (Lipinski definition) is 2. The Balaban J connectivity index is 1.59. The first-order valence-corrected chi connectivity index (χ1v) is 10.2. The second-order valence-electron chi connectivity index (χ2n) is 6.90. The van der Waals surface area contributed by atoms with Crippen LogP contribution in [0.4, 0.5) is 10.5 Å². The second kappa shape index (κ2) is 8.49. The lowest BCUT2D eigenvalue weighted by atomic mass is 9.92. The Morgan fingerprint density at radius 1 is 1.14 bits per heavy atom. The van der Waals surface area contributed by atoms with E-state index in [4.69, 9.17) is 0 Å². The molecule has 0 aliphatic carbocycles. The molecule has 0 fully saturated rings. The third-order valence-electron chi connectivity index (χ3n) is 4.94. The molecule has 5 nitrogen and oxygen atoms in total. The van der Waals surface area contributed by atoms with Gasteiger partial charge >= 0.3 is 6.03 Å². The van der Waals surface area contributed by atoms with Crippen LogP contribution in [0.1, 0.15) is 17.0 Å². The van der Waals surface area contributed by atoms with Crippen molar-refractivity contribution < 1.29 is 4.79 Å². The lowest BCUT2D eigenvalue weighted by molar-refractivity contribution is 0.252. The van der Waals surface area contributed by atoms with Crippen molar-refractivity contribution in [2.24, 2.45) is 7.05 Å². The smallest absolute Gasteiger partial charge is 0.319 e. The van der Waals surface area contributed by atoms with Gasteiger partial charge in [-0.25, -0.2) is 4.79 Å². The number of benzene rings is 2. The zero-order chi connectivity index (χ0) is 20.2. The minimum atomic E-state index is -0.239. The van der Waals surface area contributed by atoms with E-state index < -0.39 is 0 Å². The maximum atomic E-state index is 12.5. The van der Waals surface area contributed by atoms with E-state index >= 15 is 0 Å². The topological polar surface area (TPSA) is 59.0 Å². The molecule has 2 amide bonds. The second-order valence-corrected chi connectivity index (χ2v) is 7.81. The van der Waals surface area contributed by atoms with E-state index in [1.54, 1.807) is 6.20 Å². The molecule has 2 aromatic carbocycles. The molecule has 6 heteroatoms. The summed E-state index contributed by atoms with van der Waals surface area (Å²) in [7, 11) is 2.04. The number of hydrogen-bond donors (Lipinski definition) is 2. The standard InChI is InChI=1S/C23H21BrN4O/c1-28-15-21(19-9-2-3-10-22(19)28)20(16-6-5-11-25-13-16)14-26-23(29)27-18-8-4-7-17(24)12-18/h2-13,15,20H,14H2,1H3,(H2,26,27,29)/t20-/m0/s1. The average Bonchev–Trinajstić information content (AvgIpc) is 3.06. The van der Waals surface area contributed by atoms with Gasteiger partial charge in [-0.2, -0.15) is 0 Å². The summed E-state index contributed by atoms with van der Waals surface area (Å²) in [6.45, 7) is 0.458. The van der Waals surface area contributed by atoms with Crippen molar-refractivity contribution >= 4 is 38.6 Å². The van der Waals surface area contributed by atoms with Gasteiger partial charge in [0.05, 0.1) is 0 Å². The molecule has 0 aliphatic rings. The maximum absolute atomic E-state index is 12.5. The summed E-state index contributed by atoms with van der Waals surface area (Å²) in [5.74, 6) is -0.0111. The van der Waals surface area contributed by atoms with Crippen LogP contribution in [0.2, 0.25) is 0 Å². The van der Waals surface area contributed by atoms with E-state index in [-0.39, 0.29) is 11.9 Å². The lowest BCUT2D eigenvalue weighted by Crippen LogP contribution is -2.32. The minimum Gasteiger partial charge on any atom is -0.350 e. The fourth-order valence-electron chi connectivity index (χ4n) is 3.58. The zero-order valence-corrected chi connectivity index (χ0v) is 17.6. The molecule has 0 spiro atoms. The largest absolute Gasteiger partial charge is 0.350 e. The van der Waals surface area contributed by atoms with Gasteiger partial charge in [0.2, 0.25) is 0 Å². The van der Waals surface area contributed by atoms with Crippen LogP contribution in [-0.4, -0.2) is 22.1 Å². The number of nitrogens with zero attached hydrogens (tertiary/aromatic N) is 2. The van der Waals surface area contributed by atoms with Crippen LogP contribution in [0.25, 0.3) is 10.9 Å². The minimum absolute atomic E-state index is 0.0111. The van der Waals surface area contributed by atoms with Crippen molar-refractivity contribution in [1.82, 2.24) is 14.9 Å². The van der Waals surface area contributed by atoms with Crippen molar-refractivity contribution in [3.05, 3.63) is 94.9 Å². The van der Waals surface area contributed by atoms with E-state index in [1.165, 1.54) is 10.9 Å². The van der Waals surface area contributed by atoms with Gasteiger partial charge in [-0.05, 0) is 41.5 Å². The molecule has 0 radical (unpaired) electrons. The van der Waals surface area contributed by atoms with E-state index in [1.807, 2.05) is 61.8 Å². The number of fused-ring (bicyclic) bond motifs is 1. The molecular formula is C23H21BrN4O.